The Morgan fingerprint density at radius 1 is 1.12 bits per heavy atom. The minimum atomic E-state index is -1.19. The minimum absolute atomic E-state index is 0.0796. The summed E-state index contributed by atoms with van der Waals surface area (Å²) in [6.45, 7) is 1.85. The van der Waals surface area contributed by atoms with Gasteiger partial charge < -0.3 is 31.1 Å². The van der Waals surface area contributed by atoms with Crippen molar-refractivity contribution in [2.75, 3.05) is 13.1 Å². The molecule has 216 valence electrons. The van der Waals surface area contributed by atoms with Crippen LogP contribution in [0, 0.1) is 11.6 Å². The molecule has 0 spiro atoms. The second kappa shape index (κ2) is 13.3. The molecule has 0 saturated carbocycles. The van der Waals surface area contributed by atoms with Crippen LogP contribution in [0.25, 0.3) is 0 Å². The lowest BCUT2D eigenvalue weighted by molar-refractivity contribution is -0.140. The van der Waals surface area contributed by atoms with Gasteiger partial charge in [0.05, 0.1) is 18.2 Å². The molecule has 2 aliphatic rings. The predicted octanol–water partition coefficient (Wildman–Crippen LogP) is 0.814. The number of hydrogen-bond acceptors (Lipinski definition) is 6. The number of carbonyl (C=O) groups excluding carboxylic acids is 3. The number of carbonyl (C=O) groups is 3. The van der Waals surface area contributed by atoms with Crippen LogP contribution in [0.3, 0.4) is 0 Å². The van der Waals surface area contributed by atoms with Crippen molar-refractivity contribution < 1.29 is 33.4 Å². The van der Waals surface area contributed by atoms with E-state index in [4.69, 9.17) is 0 Å². The highest BCUT2D eigenvalue weighted by Gasteiger charge is 2.41. The van der Waals surface area contributed by atoms with Crippen LogP contribution < -0.4 is 16.0 Å². The molecular formula is C29H36F2N4O5. The molecule has 0 aliphatic carbocycles. The summed E-state index contributed by atoms with van der Waals surface area (Å²) in [6, 6.07) is 9.33. The van der Waals surface area contributed by atoms with Crippen molar-refractivity contribution in [3.8, 4) is 0 Å². The van der Waals surface area contributed by atoms with Gasteiger partial charge >= 0.3 is 0 Å². The molecule has 6 unspecified atom stereocenters. The molecule has 2 heterocycles. The largest absolute Gasteiger partial charge is 0.392 e. The van der Waals surface area contributed by atoms with Crippen molar-refractivity contribution in [3.63, 3.8) is 0 Å². The molecule has 0 radical (unpaired) electrons. The van der Waals surface area contributed by atoms with Crippen LogP contribution in [0.15, 0.2) is 48.5 Å². The quantitative estimate of drug-likeness (QED) is 0.278. The average Bonchev–Trinajstić information content (AvgIpc) is 3.49. The minimum Gasteiger partial charge on any atom is -0.392 e. The van der Waals surface area contributed by atoms with E-state index in [0.717, 1.165) is 23.8 Å². The van der Waals surface area contributed by atoms with Gasteiger partial charge in [0.15, 0.2) is 0 Å². The van der Waals surface area contributed by atoms with E-state index in [2.05, 4.69) is 16.0 Å². The molecule has 9 nitrogen and oxygen atoms in total. The van der Waals surface area contributed by atoms with Gasteiger partial charge in [-0.2, -0.15) is 0 Å². The van der Waals surface area contributed by atoms with Crippen LogP contribution in [-0.2, 0) is 27.2 Å². The Balaban J connectivity index is 1.57. The van der Waals surface area contributed by atoms with E-state index in [0.29, 0.717) is 12.8 Å². The van der Waals surface area contributed by atoms with E-state index in [-0.39, 0.29) is 49.7 Å². The van der Waals surface area contributed by atoms with Crippen LogP contribution in [0.5, 0.6) is 0 Å². The average molecular weight is 559 g/mol. The molecule has 3 amide bonds. The molecular weight excluding hydrogens is 522 g/mol. The second-order valence-electron chi connectivity index (χ2n) is 10.6. The number of nitrogens with zero attached hydrogens (tertiary/aromatic N) is 1. The van der Waals surface area contributed by atoms with Crippen LogP contribution in [-0.4, -0.2) is 82.3 Å². The van der Waals surface area contributed by atoms with Gasteiger partial charge in [-0.3, -0.25) is 14.4 Å². The summed E-state index contributed by atoms with van der Waals surface area (Å²) in [5.74, 6) is -2.80. The Kier molecular flexibility index (Phi) is 9.83. The molecule has 2 aromatic carbocycles. The SMILES string of the molecule is CC(=O)NC1CCN(C(CCc2ccccc2)C(=O)NC(Cc2cc(F)cc(F)c2)C(O)C2CC(O)CN2)C1=O. The topological polar surface area (TPSA) is 131 Å². The third-order valence-electron chi connectivity index (χ3n) is 7.52. The van der Waals surface area contributed by atoms with E-state index in [1.807, 2.05) is 30.3 Å². The van der Waals surface area contributed by atoms with E-state index < -0.39 is 53.9 Å². The monoisotopic (exact) mass is 558 g/mol. The lowest BCUT2D eigenvalue weighted by Crippen LogP contribution is -2.57. The summed E-state index contributed by atoms with van der Waals surface area (Å²) in [5.41, 5.74) is 1.21. The van der Waals surface area contributed by atoms with Crippen LogP contribution in [0.2, 0.25) is 0 Å². The summed E-state index contributed by atoms with van der Waals surface area (Å²) in [4.78, 5) is 40.0. The molecule has 0 aromatic heterocycles. The van der Waals surface area contributed by atoms with Gasteiger partial charge in [-0.25, -0.2) is 8.78 Å². The Morgan fingerprint density at radius 3 is 2.45 bits per heavy atom. The summed E-state index contributed by atoms with van der Waals surface area (Å²) in [7, 11) is 0. The third-order valence-corrected chi connectivity index (χ3v) is 7.52. The molecule has 6 atom stereocenters. The molecule has 2 aromatic rings. The van der Waals surface area contributed by atoms with Crippen molar-refractivity contribution in [1.82, 2.24) is 20.9 Å². The first kappa shape index (κ1) is 29.6. The Morgan fingerprint density at radius 2 is 1.82 bits per heavy atom. The smallest absolute Gasteiger partial charge is 0.245 e. The normalized spacial score (nSPS) is 23.1. The van der Waals surface area contributed by atoms with Crippen LogP contribution >= 0.6 is 0 Å². The van der Waals surface area contributed by atoms with Gasteiger partial charge in [0.2, 0.25) is 17.7 Å². The third kappa shape index (κ3) is 7.61. The fourth-order valence-corrected chi connectivity index (χ4v) is 5.57. The lowest BCUT2D eigenvalue weighted by Gasteiger charge is -2.33. The Hall–Kier alpha value is -3.41. The number of benzene rings is 2. The number of nitrogens with one attached hydrogen (secondary N) is 3. The fourth-order valence-electron chi connectivity index (χ4n) is 5.57. The summed E-state index contributed by atoms with van der Waals surface area (Å²) >= 11 is 0. The summed E-state index contributed by atoms with van der Waals surface area (Å²) < 4.78 is 27.9. The number of aryl methyl sites for hydroxylation is 1. The molecule has 2 fully saturated rings. The van der Waals surface area contributed by atoms with Gasteiger partial charge in [0.1, 0.15) is 23.7 Å². The van der Waals surface area contributed by atoms with Gasteiger partial charge in [0.25, 0.3) is 0 Å². The fraction of sp³-hybridized carbons (Fsp3) is 0.483. The molecule has 0 bridgehead atoms. The van der Waals surface area contributed by atoms with E-state index in [1.54, 1.807) is 0 Å². The maximum Gasteiger partial charge on any atom is 0.245 e. The number of aliphatic hydroxyl groups is 2. The van der Waals surface area contributed by atoms with Crippen molar-refractivity contribution in [2.45, 2.75) is 75.4 Å². The molecule has 5 N–H and O–H groups in total. The number of likely N-dealkylation sites (tertiary alicyclic amines) is 1. The van der Waals surface area contributed by atoms with Crippen molar-refractivity contribution in [3.05, 3.63) is 71.3 Å². The first-order valence-electron chi connectivity index (χ1n) is 13.6. The van der Waals surface area contributed by atoms with Crippen LogP contribution in [0.1, 0.15) is 37.3 Å². The standard InChI is InChI=1S/C29H36F2N4O5/c1-17(36)33-23-9-10-35(29(23)40)26(8-7-18-5-3-2-4-6-18)28(39)34-25(27(38)24-15-22(37)16-32-24)13-19-11-20(30)14-21(31)12-19/h2-6,11-12,14,22-27,32,37-38H,7-10,13,15-16H2,1H3,(H,33,36)(H,34,39). The molecule has 2 aliphatic heterocycles. The highest BCUT2D eigenvalue weighted by atomic mass is 19.1. The van der Waals surface area contributed by atoms with E-state index in [1.165, 1.54) is 11.8 Å². The van der Waals surface area contributed by atoms with Gasteiger partial charge in [-0.1, -0.05) is 30.3 Å². The highest BCUT2D eigenvalue weighted by molar-refractivity contribution is 5.93. The number of β-amino-alcohol motifs (C(OH)–C–C–N with tert-alkyl or cyclic N) is 1. The first-order chi connectivity index (χ1) is 19.1. The molecule has 40 heavy (non-hydrogen) atoms. The maximum atomic E-state index is 13.9. The summed E-state index contributed by atoms with van der Waals surface area (Å²) in [5, 5.41) is 29.7. The van der Waals surface area contributed by atoms with Crippen molar-refractivity contribution in [2.24, 2.45) is 0 Å². The van der Waals surface area contributed by atoms with E-state index in [9.17, 15) is 33.4 Å². The second-order valence-corrected chi connectivity index (χ2v) is 10.6. The maximum absolute atomic E-state index is 13.9. The van der Waals surface area contributed by atoms with Gasteiger partial charge in [-0.15, -0.1) is 0 Å². The first-order valence-corrected chi connectivity index (χ1v) is 13.6. The predicted molar refractivity (Wildman–Crippen MR) is 143 cm³/mol. The van der Waals surface area contributed by atoms with Gasteiger partial charge in [-0.05, 0) is 55.4 Å². The van der Waals surface area contributed by atoms with E-state index >= 15 is 0 Å². The molecule has 4 rings (SSSR count). The zero-order chi connectivity index (χ0) is 28.8. The van der Waals surface area contributed by atoms with Crippen molar-refractivity contribution in [1.29, 1.82) is 0 Å². The van der Waals surface area contributed by atoms with Crippen LogP contribution in [0.4, 0.5) is 8.78 Å². The van der Waals surface area contributed by atoms with Gasteiger partial charge in [0, 0.05) is 32.1 Å². The highest BCUT2D eigenvalue weighted by Crippen LogP contribution is 2.22. The number of hydrogen-bond donors (Lipinski definition) is 5. The number of aliphatic hydroxyl groups excluding tert-OH is 2. The van der Waals surface area contributed by atoms with Crippen molar-refractivity contribution >= 4 is 17.7 Å². The summed E-state index contributed by atoms with van der Waals surface area (Å²) in [6.07, 6.45) is -0.572. The number of halogens is 2. The molecule has 2 saturated heterocycles. The lowest BCUT2D eigenvalue weighted by atomic mass is 9.94. The number of rotatable bonds is 11. The number of amides is 3. The molecule has 11 heteroatoms. The zero-order valence-electron chi connectivity index (χ0n) is 22.4. The zero-order valence-corrected chi connectivity index (χ0v) is 22.4. The Bertz CT molecular complexity index is 1180. The Labute approximate surface area is 231 Å².